The number of aryl methyl sites for hydroxylation is 2. The number of aromatic nitrogens is 1. The van der Waals surface area contributed by atoms with Crippen LogP contribution in [-0.4, -0.2) is 17.0 Å². The van der Waals surface area contributed by atoms with E-state index in [1.54, 1.807) is 18.2 Å². The lowest BCUT2D eigenvalue weighted by atomic mass is 10.1. The molecule has 0 aliphatic rings. The summed E-state index contributed by atoms with van der Waals surface area (Å²) in [6, 6.07) is 10.7. The summed E-state index contributed by atoms with van der Waals surface area (Å²) in [5.74, 6) is -0.218. The van der Waals surface area contributed by atoms with E-state index in [1.807, 2.05) is 26.0 Å². The number of carbonyl (C=O) groups excluding carboxylic acids is 1. The highest BCUT2D eigenvalue weighted by molar-refractivity contribution is 5.75. The first-order valence-electron chi connectivity index (χ1n) is 7.21. The van der Waals surface area contributed by atoms with Crippen molar-refractivity contribution >= 4 is 5.91 Å². The summed E-state index contributed by atoms with van der Waals surface area (Å²) >= 11 is 0. The van der Waals surface area contributed by atoms with Crippen LogP contribution in [0, 0.1) is 19.7 Å². The van der Waals surface area contributed by atoms with Gasteiger partial charge in [0.15, 0.2) is 0 Å². The van der Waals surface area contributed by atoms with Gasteiger partial charge in [0.05, 0.1) is 0 Å². The van der Waals surface area contributed by atoms with Gasteiger partial charge in [-0.05, 0) is 44.0 Å². The highest BCUT2D eigenvalue weighted by Crippen LogP contribution is 2.08. The van der Waals surface area contributed by atoms with Gasteiger partial charge in [-0.15, -0.1) is 0 Å². The molecule has 21 heavy (non-hydrogen) atoms. The van der Waals surface area contributed by atoms with Crippen LogP contribution >= 0.6 is 0 Å². The molecular weight excluding hydrogens is 267 g/mol. The first kappa shape index (κ1) is 15.3. The molecule has 112 valence electrons. The average Bonchev–Trinajstić information content (AvgIpc) is 2.78. The summed E-state index contributed by atoms with van der Waals surface area (Å²) in [6.07, 6.45) is 0.952. The molecule has 0 saturated heterocycles. The number of amides is 1. The van der Waals surface area contributed by atoms with E-state index in [0.717, 1.165) is 11.4 Å². The Morgan fingerprint density at radius 2 is 1.81 bits per heavy atom. The summed E-state index contributed by atoms with van der Waals surface area (Å²) in [7, 11) is 0. The molecule has 0 saturated carbocycles. The third-order valence-corrected chi connectivity index (χ3v) is 3.65. The van der Waals surface area contributed by atoms with Crippen molar-refractivity contribution in [1.82, 2.24) is 9.88 Å². The van der Waals surface area contributed by atoms with Crippen molar-refractivity contribution in [2.24, 2.45) is 0 Å². The van der Waals surface area contributed by atoms with Gasteiger partial charge >= 0.3 is 0 Å². The number of benzene rings is 1. The van der Waals surface area contributed by atoms with Gasteiger partial charge in [-0.2, -0.15) is 0 Å². The zero-order valence-electron chi connectivity index (χ0n) is 12.5. The van der Waals surface area contributed by atoms with Crippen molar-refractivity contribution in [3.63, 3.8) is 0 Å². The summed E-state index contributed by atoms with van der Waals surface area (Å²) in [5, 5.41) is 2.84. The van der Waals surface area contributed by atoms with E-state index in [4.69, 9.17) is 0 Å². The van der Waals surface area contributed by atoms with Crippen LogP contribution in [0.5, 0.6) is 0 Å². The molecule has 3 nitrogen and oxygen atoms in total. The Bertz CT molecular complexity index is 600. The maximum absolute atomic E-state index is 13.4. The van der Waals surface area contributed by atoms with Crippen LogP contribution in [0.3, 0.4) is 0 Å². The highest BCUT2D eigenvalue weighted by Gasteiger charge is 2.06. The van der Waals surface area contributed by atoms with E-state index in [1.165, 1.54) is 6.07 Å². The second kappa shape index (κ2) is 7.07. The lowest BCUT2D eigenvalue weighted by Gasteiger charge is -2.10. The van der Waals surface area contributed by atoms with E-state index < -0.39 is 0 Å². The second-order valence-electron chi connectivity index (χ2n) is 5.21. The van der Waals surface area contributed by atoms with Crippen LogP contribution in [0.15, 0.2) is 36.4 Å². The maximum Gasteiger partial charge on any atom is 0.221 e. The fraction of sp³-hybridized carbons (Fsp3) is 0.353. The van der Waals surface area contributed by atoms with Gasteiger partial charge in [0.2, 0.25) is 5.91 Å². The molecule has 4 heteroatoms. The third-order valence-electron chi connectivity index (χ3n) is 3.65. The van der Waals surface area contributed by atoms with Gasteiger partial charge in [0, 0.05) is 30.9 Å². The SMILES string of the molecule is Cc1ccc(C)n1CCC(=O)NCCc1ccccc1F. The van der Waals surface area contributed by atoms with E-state index in [0.29, 0.717) is 31.5 Å². The topological polar surface area (TPSA) is 34.0 Å². The quantitative estimate of drug-likeness (QED) is 0.871. The van der Waals surface area contributed by atoms with Crippen LogP contribution in [0.4, 0.5) is 4.39 Å². The molecule has 1 heterocycles. The molecule has 1 aromatic heterocycles. The molecule has 0 radical (unpaired) electrons. The largest absolute Gasteiger partial charge is 0.356 e. The lowest BCUT2D eigenvalue weighted by molar-refractivity contribution is -0.121. The van der Waals surface area contributed by atoms with Crippen LogP contribution in [0.1, 0.15) is 23.4 Å². The minimum atomic E-state index is -0.217. The number of nitrogens with zero attached hydrogens (tertiary/aromatic N) is 1. The van der Waals surface area contributed by atoms with Crippen molar-refractivity contribution in [2.75, 3.05) is 6.54 Å². The molecule has 2 rings (SSSR count). The molecular formula is C17H21FN2O. The van der Waals surface area contributed by atoms with Gasteiger partial charge in [-0.1, -0.05) is 18.2 Å². The van der Waals surface area contributed by atoms with Crippen molar-refractivity contribution < 1.29 is 9.18 Å². The minimum Gasteiger partial charge on any atom is -0.356 e. The Balaban J connectivity index is 1.74. The molecule has 1 N–H and O–H groups in total. The van der Waals surface area contributed by atoms with Crippen LogP contribution in [0.25, 0.3) is 0 Å². The number of rotatable bonds is 6. The molecule has 0 atom stereocenters. The summed E-state index contributed by atoms with van der Waals surface area (Å²) in [5.41, 5.74) is 2.95. The van der Waals surface area contributed by atoms with Gasteiger partial charge in [-0.3, -0.25) is 4.79 Å². The van der Waals surface area contributed by atoms with Crippen LogP contribution < -0.4 is 5.32 Å². The molecule has 1 aromatic carbocycles. The summed E-state index contributed by atoms with van der Waals surface area (Å²) < 4.78 is 15.5. The third kappa shape index (κ3) is 4.18. The number of halogens is 1. The second-order valence-corrected chi connectivity index (χ2v) is 5.21. The van der Waals surface area contributed by atoms with Crippen molar-refractivity contribution in [3.8, 4) is 0 Å². The molecule has 0 fully saturated rings. The van der Waals surface area contributed by atoms with Crippen LogP contribution in [0.2, 0.25) is 0 Å². The molecule has 0 aliphatic heterocycles. The average molecular weight is 288 g/mol. The van der Waals surface area contributed by atoms with E-state index in [2.05, 4.69) is 9.88 Å². The van der Waals surface area contributed by atoms with Crippen LogP contribution in [-0.2, 0) is 17.8 Å². The number of hydrogen-bond donors (Lipinski definition) is 1. The fourth-order valence-corrected chi connectivity index (χ4v) is 2.39. The highest BCUT2D eigenvalue weighted by atomic mass is 19.1. The van der Waals surface area contributed by atoms with Crippen molar-refractivity contribution in [3.05, 3.63) is 59.2 Å². The Labute approximate surface area is 124 Å². The first-order chi connectivity index (χ1) is 10.1. The Morgan fingerprint density at radius 1 is 1.14 bits per heavy atom. The molecule has 0 aliphatic carbocycles. The maximum atomic E-state index is 13.4. The Morgan fingerprint density at radius 3 is 2.48 bits per heavy atom. The van der Waals surface area contributed by atoms with E-state index >= 15 is 0 Å². The van der Waals surface area contributed by atoms with E-state index in [-0.39, 0.29) is 11.7 Å². The Hall–Kier alpha value is -2.10. The molecule has 1 amide bonds. The van der Waals surface area contributed by atoms with E-state index in [9.17, 15) is 9.18 Å². The lowest BCUT2D eigenvalue weighted by Crippen LogP contribution is -2.27. The number of hydrogen-bond acceptors (Lipinski definition) is 1. The monoisotopic (exact) mass is 288 g/mol. The number of nitrogens with one attached hydrogen (secondary N) is 1. The molecule has 0 bridgehead atoms. The minimum absolute atomic E-state index is 0.00107. The summed E-state index contributed by atoms with van der Waals surface area (Å²) in [4.78, 5) is 11.8. The van der Waals surface area contributed by atoms with Crippen molar-refractivity contribution in [2.45, 2.75) is 33.2 Å². The van der Waals surface area contributed by atoms with Gasteiger partial charge in [-0.25, -0.2) is 4.39 Å². The molecule has 0 spiro atoms. The molecule has 2 aromatic rings. The normalized spacial score (nSPS) is 10.6. The predicted octanol–water partition coefficient (Wildman–Crippen LogP) is 2.99. The standard InChI is InChI=1S/C17H21FN2O/c1-13-7-8-14(2)20(13)12-10-17(21)19-11-9-15-5-3-4-6-16(15)18/h3-8H,9-12H2,1-2H3,(H,19,21). The molecule has 0 unspecified atom stereocenters. The number of carbonyl (C=O) groups is 1. The first-order valence-corrected chi connectivity index (χ1v) is 7.21. The van der Waals surface area contributed by atoms with Crippen molar-refractivity contribution in [1.29, 1.82) is 0 Å². The Kier molecular flexibility index (Phi) is 5.14. The van der Waals surface area contributed by atoms with Gasteiger partial charge < -0.3 is 9.88 Å². The predicted molar refractivity (Wildman–Crippen MR) is 81.6 cm³/mol. The zero-order chi connectivity index (χ0) is 15.2. The fourth-order valence-electron chi connectivity index (χ4n) is 2.39. The smallest absolute Gasteiger partial charge is 0.221 e. The van der Waals surface area contributed by atoms with Gasteiger partial charge in [0.1, 0.15) is 5.82 Å². The zero-order valence-corrected chi connectivity index (χ0v) is 12.5. The summed E-state index contributed by atoms with van der Waals surface area (Å²) in [6.45, 7) is 5.20. The van der Waals surface area contributed by atoms with Gasteiger partial charge in [0.25, 0.3) is 0 Å².